The molecule has 0 N–H and O–H groups in total. The molecular formula is C17H26F3NO. The van der Waals surface area contributed by atoms with Crippen molar-refractivity contribution in [1.29, 1.82) is 0 Å². The lowest BCUT2D eigenvalue weighted by atomic mass is 9.95. The van der Waals surface area contributed by atoms with Crippen molar-refractivity contribution in [2.75, 3.05) is 20.2 Å². The van der Waals surface area contributed by atoms with Gasteiger partial charge in [-0.05, 0) is 42.6 Å². The summed E-state index contributed by atoms with van der Waals surface area (Å²) in [6.07, 6.45) is -3.43. The quantitative estimate of drug-likeness (QED) is 0.696. The first-order valence-corrected chi connectivity index (χ1v) is 7.74. The third-order valence-corrected chi connectivity index (χ3v) is 3.70. The maximum atomic E-state index is 13.3. The molecule has 1 aromatic rings. The Kier molecular flexibility index (Phi) is 6.72. The average molecular weight is 317 g/mol. The number of hydrogen-bond donors (Lipinski definition) is 0. The first-order valence-electron chi connectivity index (χ1n) is 7.74. The maximum absolute atomic E-state index is 13.3. The van der Waals surface area contributed by atoms with E-state index >= 15 is 0 Å². The minimum Gasteiger partial charge on any atom is -0.496 e. The number of methoxy groups -OCH3 is 1. The van der Waals surface area contributed by atoms with Gasteiger partial charge in [0.1, 0.15) is 5.75 Å². The fraction of sp³-hybridized carbons (Fsp3) is 0.647. The minimum atomic E-state index is -4.41. The van der Waals surface area contributed by atoms with Gasteiger partial charge in [-0.2, -0.15) is 13.2 Å². The molecule has 126 valence electrons. The molecule has 5 heteroatoms. The number of benzene rings is 1. The second-order valence-corrected chi connectivity index (χ2v) is 5.79. The van der Waals surface area contributed by atoms with E-state index in [4.69, 9.17) is 4.74 Å². The van der Waals surface area contributed by atoms with Crippen LogP contribution in [0.3, 0.4) is 0 Å². The molecule has 0 atom stereocenters. The fourth-order valence-electron chi connectivity index (χ4n) is 2.60. The molecule has 1 aromatic carbocycles. The number of halogens is 3. The van der Waals surface area contributed by atoms with Crippen molar-refractivity contribution in [3.05, 3.63) is 28.8 Å². The van der Waals surface area contributed by atoms with Crippen LogP contribution in [0.25, 0.3) is 0 Å². The van der Waals surface area contributed by atoms with Gasteiger partial charge in [0.2, 0.25) is 0 Å². The van der Waals surface area contributed by atoms with Crippen LogP contribution in [-0.4, -0.2) is 25.1 Å². The Morgan fingerprint density at radius 1 is 1.18 bits per heavy atom. The molecule has 0 amide bonds. The average Bonchev–Trinajstić information content (AvgIpc) is 2.44. The van der Waals surface area contributed by atoms with Gasteiger partial charge < -0.3 is 4.74 Å². The lowest BCUT2D eigenvalue weighted by Gasteiger charge is -2.23. The van der Waals surface area contributed by atoms with Crippen LogP contribution in [0, 0.1) is 0 Å². The van der Waals surface area contributed by atoms with E-state index < -0.39 is 11.7 Å². The van der Waals surface area contributed by atoms with Crippen LogP contribution in [0.2, 0.25) is 0 Å². The Bertz CT molecular complexity index is 484. The molecule has 2 nitrogen and oxygen atoms in total. The van der Waals surface area contributed by atoms with Gasteiger partial charge in [0, 0.05) is 6.54 Å². The van der Waals surface area contributed by atoms with E-state index in [1.807, 2.05) is 26.8 Å². The molecule has 1 rings (SSSR count). The van der Waals surface area contributed by atoms with Gasteiger partial charge in [0.25, 0.3) is 0 Å². The van der Waals surface area contributed by atoms with Gasteiger partial charge in [0.05, 0.1) is 12.7 Å². The Morgan fingerprint density at radius 3 is 2.23 bits per heavy atom. The molecule has 0 saturated heterocycles. The largest absolute Gasteiger partial charge is 0.496 e. The minimum absolute atomic E-state index is 0.0303. The van der Waals surface area contributed by atoms with Gasteiger partial charge in [-0.25, -0.2) is 0 Å². The zero-order valence-corrected chi connectivity index (χ0v) is 14.0. The summed E-state index contributed by atoms with van der Waals surface area (Å²) in [7, 11) is 1.30. The summed E-state index contributed by atoms with van der Waals surface area (Å²) in [4.78, 5) is 2.14. The second kappa shape index (κ2) is 7.86. The summed E-state index contributed by atoms with van der Waals surface area (Å²) in [6, 6.07) is 3.07. The predicted molar refractivity (Wildman–Crippen MR) is 83.3 cm³/mol. The molecule has 0 aliphatic rings. The van der Waals surface area contributed by atoms with E-state index in [0.29, 0.717) is 17.7 Å². The van der Waals surface area contributed by atoms with Crippen LogP contribution >= 0.6 is 0 Å². The Balaban J connectivity index is 3.33. The molecule has 0 unspecified atom stereocenters. The summed E-state index contributed by atoms with van der Waals surface area (Å²) in [6.45, 7) is 10.1. The molecule has 0 aliphatic carbocycles. The van der Waals surface area contributed by atoms with E-state index in [9.17, 15) is 13.2 Å². The van der Waals surface area contributed by atoms with E-state index in [2.05, 4.69) is 11.8 Å². The van der Waals surface area contributed by atoms with Crippen molar-refractivity contribution in [2.24, 2.45) is 0 Å². The van der Waals surface area contributed by atoms with Crippen LogP contribution in [-0.2, 0) is 12.7 Å². The van der Waals surface area contributed by atoms with Crippen LogP contribution in [0.15, 0.2) is 12.1 Å². The highest BCUT2D eigenvalue weighted by Gasteiger charge is 2.36. The number of rotatable bonds is 7. The number of alkyl halides is 3. The van der Waals surface area contributed by atoms with Crippen molar-refractivity contribution in [3.8, 4) is 5.75 Å². The SMILES string of the molecule is CCCN(CC)Cc1cc(C(C)C)c(OC)c(C(F)(F)F)c1. The van der Waals surface area contributed by atoms with Crippen LogP contribution in [0.5, 0.6) is 5.75 Å². The van der Waals surface area contributed by atoms with E-state index in [0.717, 1.165) is 19.5 Å². The standard InChI is InChI=1S/C17H26F3NO/c1-6-8-21(7-2)11-13-9-14(12(3)4)16(22-5)15(10-13)17(18,19)20/h9-10,12H,6-8,11H2,1-5H3. The van der Waals surface area contributed by atoms with E-state index in [-0.39, 0.29) is 11.7 Å². The highest BCUT2D eigenvalue weighted by molar-refractivity contribution is 5.47. The smallest absolute Gasteiger partial charge is 0.419 e. The second-order valence-electron chi connectivity index (χ2n) is 5.79. The Morgan fingerprint density at radius 2 is 1.82 bits per heavy atom. The number of nitrogens with zero attached hydrogens (tertiary/aromatic N) is 1. The first kappa shape index (κ1) is 18.8. The van der Waals surface area contributed by atoms with E-state index in [1.54, 1.807) is 0 Å². The van der Waals surface area contributed by atoms with Crippen LogP contribution < -0.4 is 4.74 Å². The molecule has 0 bridgehead atoms. The molecule has 0 aromatic heterocycles. The highest BCUT2D eigenvalue weighted by Crippen LogP contribution is 2.41. The number of hydrogen-bond acceptors (Lipinski definition) is 2. The van der Waals surface area contributed by atoms with Crippen molar-refractivity contribution in [3.63, 3.8) is 0 Å². The lowest BCUT2D eigenvalue weighted by molar-refractivity contribution is -0.138. The highest BCUT2D eigenvalue weighted by atomic mass is 19.4. The number of ether oxygens (including phenoxy) is 1. The van der Waals surface area contributed by atoms with Gasteiger partial charge in [0.15, 0.2) is 0 Å². The van der Waals surface area contributed by atoms with Gasteiger partial charge in [-0.15, -0.1) is 0 Å². The van der Waals surface area contributed by atoms with Crippen molar-refractivity contribution >= 4 is 0 Å². The molecule has 0 spiro atoms. The molecule has 0 fully saturated rings. The van der Waals surface area contributed by atoms with Crippen LogP contribution in [0.4, 0.5) is 13.2 Å². The summed E-state index contributed by atoms with van der Waals surface area (Å²) < 4.78 is 45.1. The van der Waals surface area contributed by atoms with Crippen molar-refractivity contribution in [1.82, 2.24) is 4.90 Å². The molecule has 22 heavy (non-hydrogen) atoms. The molecule has 0 saturated carbocycles. The van der Waals surface area contributed by atoms with Crippen molar-refractivity contribution < 1.29 is 17.9 Å². The summed E-state index contributed by atoms with van der Waals surface area (Å²) in [5.74, 6) is -0.0814. The first-order chi connectivity index (χ1) is 10.2. The van der Waals surface area contributed by atoms with Crippen LogP contribution in [0.1, 0.15) is 56.7 Å². The zero-order chi connectivity index (χ0) is 16.9. The normalized spacial score (nSPS) is 12.3. The fourth-order valence-corrected chi connectivity index (χ4v) is 2.60. The van der Waals surface area contributed by atoms with Crippen molar-refractivity contribution in [2.45, 2.75) is 52.8 Å². The Hall–Kier alpha value is -1.23. The summed E-state index contributed by atoms with van der Waals surface area (Å²) >= 11 is 0. The summed E-state index contributed by atoms with van der Waals surface area (Å²) in [5, 5.41) is 0. The molecular weight excluding hydrogens is 291 g/mol. The van der Waals surface area contributed by atoms with Gasteiger partial charge in [-0.1, -0.05) is 33.8 Å². The lowest BCUT2D eigenvalue weighted by Crippen LogP contribution is -2.24. The Labute approximate surface area is 131 Å². The molecule has 0 radical (unpaired) electrons. The predicted octanol–water partition coefficient (Wildman–Crippen LogP) is 5.07. The van der Waals surface area contributed by atoms with E-state index in [1.165, 1.54) is 13.2 Å². The monoisotopic (exact) mass is 317 g/mol. The molecule has 0 aliphatic heterocycles. The summed E-state index contributed by atoms with van der Waals surface area (Å²) in [5.41, 5.74) is 0.621. The topological polar surface area (TPSA) is 12.5 Å². The molecule has 0 heterocycles. The van der Waals surface area contributed by atoms with Gasteiger partial charge >= 0.3 is 6.18 Å². The van der Waals surface area contributed by atoms with Gasteiger partial charge in [-0.3, -0.25) is 4.90 Å². The maximum Gasteiger partial charge on any atom is 0.419 e. The third-order valence-electron chi connectivity index (χ3n) is 3.70. The zero-order valence-electron chi connectivity index (χ0n) is 14.0. The third kappa shape index (κ3) is 4.63.